The summed E-state index contributed by atoms with van der Waals surface area (Å²) in [5.74, 6) is -1.30. The topological polar surface area (TPSA) is 119 Å². The average molecular weight is 272 g/mol. The van der Waals surface area contributed by atoms with Crippen molar-refractivity contribution < 1.29 is 4.79 Å². The van der Waals surface area contributed by atoms with Crippen LogP contribution in [0.1, 0.15) is 13.3 Å². The molecular formula is C13H12N4O3. The summed E-state index contributed by atoms with van der Waals surface area (Å²) in [6.45, 7) is 1.72. The molecule has 1 unspecified atom stereocenters. The predicted octanol–water partition coefficient (Wildman–Crippen LogP) is 0.705. The van der Waals surface area contributed by atoms with Gasteiger partial charge >= 0.3 is 0 Å². The van der Waals surface area contributed by atoms with E-state index in [2.05, 4.69) is 15.5 Å². The minimum Gasteiger partial charge on any atom is -0.324 e. The van der Waals surface area contributed by atoms with Crippen molar-refractivity contribution in [1.82, 2.24) is 10.2 Å². The van der Waals surface area contributed by atoms with Crippen LogP contribution in [0.5, 0.6) is 0 Å². The number of amides is 1. The first kappa shape index (κ1) is 13.5. The van der Waals surface area contributed by atoms with Crippen molar-refractivity contribution in [2.45, 2.75) is 13.3 Å². The van der Waals surface area contributed by atoms with E-state index in [1.165, 1.54) is 12.1 Å². The van der Waals surface area contributed by atoms with Gasteiger partial charge in [-0.25, -0.2) is 0 Å². The van der Waals surface area contributed by atoms with Gasteiger partial charge in [0.1, 0.15) is 5.92 Å². The highest BCUT2D eigenvalue weighted by molar-refractivity contribution is 6.02. The summed E-state index contributed by atoms with van der Waals surface area (Å²) in [4.78, 5) is 35.3. The molecule has 0 saturated heterocycles. The number of hydrogen-bond acceptors (Lipinski definition) is 4. The van der Waals surface area contributed by atoms with Crippen molar-refractivity contribution in [1.29, 1.82) is 5.26 Å². The Morgan fingerprint density at radius 1 is 1.35 bits per heavy atom. The molecule has 1 amide bonds. The minimum atomic E-state index is -0.800. The van der Waals surface area contributed by atoms with E-state index >= 15 is 0 Å². The van der Waals surface area contributed by atoms with Gasteiger partial charge in [-0.1, -0.05) is 13.0 Å². The van der Waals surface area contributed by atoms with E-state index in [1.54, 1.807) is 13.0 Å². The molecule has 7 heteroatoms. The number of H-pyrrole nitrogens is 2. The molecule has 1 aromatic carbocycles. The molecule has 1 atom stereocenters. The fourth-order valence-electron chi connectivity index (χ4n) is 1.89. The number of aromatic nitrogens is 2. The highest BCUT2D eigenvalue weighted by Crippen LogP contribution is 2.18. The lowest BCUT2D eigenvalue weighted by Gasteiger charge is -2.09. The summed E-state index contributed by atoms with van der Waals surface area (Å²) < 4.78 is 0. The van der Waals surface area contributed by atoms with E-state index in [9.17, 15) is 14.4 Å². The summed E-state index contributed by atoms with van der Waals surface area (Å²) in [5.41, 5.74) is -0.753. The van der Waals surface area contributed by atoms with Gasteiger partial charge in [0.15, 0.2) is 0 Å². The zero-order valence-electron chi connectivity index (χ0n) is 10.7. The van der Waals surface area contributed by atoms with Gasteiger partial charge in [0.25, 0.3) is 11.1 Å². The van der Waals surface area contributed by atoms with Crippen LogP contribution in [0, 0.1) is 17.2 Å². The minimum absolute atomic E-state index is 0.0948. The summed E-state index contributed by atoms with van der Waals surface area (Å²) in [6.07, 6.45) is 0.365. The van der Waals surface area contributed by atoms with Gasteiger partial charge in [0, 0.05) is 0 Å². The smallest absolute Gasteiger partial charge is 0.272 e. The first-order valence-electron chi connectivity index (χ1n) is 6.02. The molecule has 0 bridgehead atoms. The molecule has 2 aromatic rings. The molecule has 0 aliphatic rings. The molecule has 0 saturated carbocycles. The largest absolute Gasteiger partial charge is 0.324 e. The van der Waals surface area contributed by atoms with Crippen LogP contribution in [-0.4, -0.2) is 16.1 Å². The molecule has 7 nitrogen and oxygen atoms in total. The zero-order chi connectivity index (χ0) is 14.7. The van der Waals surface area contributed by atoms with Crippen molar-refractivity contribution >= 4 is 22.4 Å². The lowest BCUT2D eigenvalue weighted by Crippen LogP contribution is -2.24. The van der Waals surface area contributed by atoms with E-state index in [0.29, 0.717) is 6.42 Å². The number of anilines is 1. The van der Waals surface area contributed by atoms with Gasteiger partial charge in [-0.3, -0.25) is 24.6 Å². The molecule has 3 N–H and O–H groups in total. The number of benzene rings is 1. The van der Waals surface area contributed by atoms with Gasteiger partial charge in [0.05, 0.1) is 22.5 Å². The molecule has 102 valence electrons. The van der Waals surface area contributed by atoms with Gasteiger partial charge in [-0.05, 0) is 18.6 Å². The molecule has 0 aliphatic carbocycles. The summed E-state index contributed by atoms with van der Waals surface area (Å²) in [6, 6.07) is 6.44. The van der Waals surface area contributed by atoms with Gasteiger partial charge < -0.3 is 5.32 Å². The molecule has 0 radical (unpaired) electrons. The van der Waals surface area contributed by atoms with Gasteiger partial charge in [-0.15, -0.1) is 0 Å². The SMILES string of the molecule is CCC(C#N)C(=O)Nc1cccc2c(=O)[nH][nH]c(=O)c12. The molecular weight excluding hydrogens is 260 g/mol. The van der Waals surface area contributed by atoms with Gasteiger partial charge in [-0.2, -0.15) is 5.26 Å². The number of fused-ring (bicyclic) bond motifs is 1. The van der Waals surface area contributed by atoms with E-state index in [0.717, 1.165) is 0 Å². The van der Waals surface area contributed by atoms with Crippen LogP contribution in [0.4, 0.5) is 5.69 Å². The number of carbonyl (C=O) groups excluding carboxylic acids is 1. The number of nitriles is 1. The third-order valence-corrected chi connectivity index (χ3v) is 2.96. The molecule has 2 rings (SSSR count). The second-order valence-electron chi connectivity index (χ2n) is 4.22. The number of carbonyl (C=O) groups is 1. The van der Waals surface area contributed by atoms with Crippen LogP contribution in [0.2, 0.25) is 0 Å². The zero-order valence-corrected chi connectivity index (χ0v) is 10.7. The van der Waals surface area contributed by atoms with Crippen molar-refractivity contribution in [3.8, 4) is 6.07 Å². The predicted molar refractivity (Wildman–Crippen MR) is 73.2 cm³/mol. The van der Waals surface area contributed by atoms with Crippen LogP contribution < -0.4 is 16.4 Å². The first-order valence-corrected chi connectivity index (χ1v) is 6.02. The summed E-state index contributed by atoms with van der Waals surface area (Å²) in [5, 5.41) is 16.1. The van der Waals surface area contributed by atoms with Gasteiger partial charge in [0.2, 0.25) is 5.91 Å². The number of nitrogens with one attached hydrogen (secondary N) is 3. The Labute approximate surface area is 113 Å². The normalized spacial score (nSPS) is 11.8. The third kappa shape index (κ3) is 2.31. The molecule has 1 aromatic heterocycles. The Balaban J connectivity index is 2.54. The maximum Gasteiger partial charge on any atom is 0.272 e. The van der Waals surface area contributed by atoms with Crippen LogP contribution in [-0.2, 0) is 4.79 Å². The van der Waals surface area contributed by atoms with Crippen LogP contribution in [0.3, 0.4) is 0 Å². The van der Waals surface area contributed by atoms with Crippen LogP contribution >= 0.6 is 0 Å². The summed E-state index contributed by atoms with van der Waals surface area (Å²) in [7, 11) is 0. The van der Waals surface area contributed by atoms with E-state index < -0.39 is 22.9 Å². The highest BCUT2D eigenvalue weighted by atomic mass is 16.2. The van der Waals surface area contributed by atoms with Crippen molar-refractivity contribution in [2.24, 2.45) is 5.92 Å². The second-order valence-corrected chi connectivity index (χ2v) is 4.22. The maximum absolute atomic E-state index is 11.9. The van der Waals surface area contributed by atoms with Crippen molar-refractivity contribution in [3.05, 3.63) is 38.9 Å². The Hall–Kier alpha value is -2.88. The maximum atomic E-state index is 11.9. The van der Waals surface area contributed by atoms with E-state index in [-0.39, 0.29) is 16.5 Å². The van der Waals surface area contributed by atoms with E-state index in [1.807, 2.05) is 6.07 Å². The number of nitrogens with zero attached hydrogens (tertiary/aromatic N) is 1. The monoisotopic (exact) mass is 272 g/mol. The molecule has 0 aliphatic heterocycles. The Kier molecular flexibility index (Phi) is 3.66. The first-order chi connectivity index (χ1) is 9.58. The number of aromatic amines is 2. The highest BCUT2D eigenvalue weighted by Gasteiger charge is 2.17. The van der Waals surface area contributed by atoms with Crippen LogP contribution in [0.15, 0.2) is 27.8 Å². The van der Waals surface area contributed by atoms with Crippen molar-refractivity contribution in [2.75, 3.05) is 5.32 Å². The standard InChI is InChI=1S/C13H12N4O3/c1-2-7(6-14)11(18)15-9-5-3-4-8-10(9)13(20)17-16-12(8)19/h3-5,7H,2H2,1H3,(H,15,18)(H,16,19)(H,17,20). The van der Waals surface area contributed by atoms with Crippen molar-refractivity contribution in [3.63, 3.8) is 0 Å². The quantitative estimate of drug-likeness (QED) is 0.762. The molecule has 0 fully saturated rings. The molecule has 1 heterocycles. The average Bonchev–Trinajstić information content (AvgIpc) is 2.44. The summed E-state index contributed by atoms with van der Waals surface area (Å²) >= 11 is 0. The van der Waals surface area contributed by atoms with Crippen LogP contribution in [0.25, 0.3) is 10.8 Å². The Morgan fingerprint density at radius 3 is 2.70 bits per heavy atom. The molecule has 0 spiro atoms. The number of hydrogen-bond donors (Lipinski definition) is 3. The lowest BCUT2D eigenvalue weighted by molar-refractivity contribution is -0.118. The number of rotatable bonds is 3. The molecule has 20 heavy (non-hydrogen) atoms. The lowest BCUT2D eigenvalue weighted by atomic mass is 10.1. The second kappa shape index (κ2) is 5.40. The Bertz CT molecular complexity index is 813. The fourth-order valence-corrected chi connectivity index (χ4v) is 1.89. The van der Waals surface area contributed by atoms with E-state index in [4.69, 9.17) is 5.26 Å². The Morgan fingerprint density at radius 2 is 2.05 bits per heavy atom. The third-order valence-electron chi connectivity index (χ3n) is 2.96. The fraction of sp³-hybridized carbons (Fsp3) is 0.231.